The van der Waals surface area contributed by atoms with Gasteiger partial charge in [-0.1, -0.05) is 45.4 Å². The fraction of sp³-hybridized carbons (Fsp3) is 0.0870. The van der Waals surface area contributed by atoms with Crippen LogP contribution >= 0.6 is 15.9 Å². The Labute approximate surface area is 198 Å². The van der Waals surface area contributed by atoms with Crippen molar-refractivity contribution in [3.05, 3.63) is 82.8 Å². The number of ether oxygens (including phenoxy) is 1. The molecule has 0 aliphatic carbocycles. The molecule has 0 radical (unpaired) electrons. The second kappa shape index (κ2) is 8.45. The van der Waals surface area contributed by atoms with Crippen molar-refractivity contribution >= 4 is 48.1 Å². The average Bonchev–Trinajstić information content (AvgIpc) is 3.28. The first-order chi connectivity index (χ1) is 16.0. The number of benzene rings is 3. The van der Waals surface area contributed by atoms with Gasteiger partial charge >= 0.3 is 0 Å². The van der Waals surface area contributed by atoms with Crippen LogP contribution in [0.3, 0.4) is 0 Å². The molecule has 0 amide bonds. The van der Waals surface area contributed by atoms with E-state index in [2.05, 4.69) is 36.5 Å². The van der Waals surface area contributed by atoms with Gasteiger partial charge in [-0.15, -0.1) is 5.10 Å². The third kappa shape index (κ3) is 3.91. The number of fused-ring (bicyclic) bond motifs is 3. The van der Waals surface area contributed by atoms with Crippen molar-refractivity contribution in [2.75, 3.05) is 12.4 Å². The van der Waals surface area contributed by atoms with E-state index >= 15 is 0 Å². The summed E-state index contributed by atoms with van der Waals surface area (Å²) in [4.78, 5) is 4.76. The summed E-state index contributed by atoms with van der Waals surface area (Å²) in [5, 5.41) is 12.0. The fourth-order valence-electron chi connectivity index (χ4n) is 3.51. The molecule has 0 unspecified atom stereocenters. The number of halogens is 1. The Morgan fingerprint density at radius 3 is 2.45 bits per heavy atom. The van der Waals surface area contributed by atoms with Crippen molar-refractivity contribution in [3.8, 4) is 5.75 Å². The molecule has 2 heterocycles. The molecule has 0 saturated heterocycles. The molecule has 5 rings (SSSR count). The van der Waals surface area contributed by atoms with Crippen molar-refractivity contribution in [2.45, 2.75) is 16.5 Å². The summed E-state index contributed by atoms with van der Waals surface area (Å²) >= 11 is 3.33. The third-order valence-electron chi connectivity index (χ3n) is 5.22. The summed E-state index contributed by atoms with van der Waals surface area (Å²) in [6.07, 6.45) is 0. The highest BCUT2D eigenvalue weighted by atomic mass is 79.9. The number of methoxy groups -OCH3 is 1. The van der Waals surface area contributed by atoms with E-state index in [1.54, 1.807) is 19.2 Å². The van der Waals surface area contributed by atoms with E-state index in [4.69, 9.17) is 4.74 Å². The van der Waals surface area contributed by atoms with Gasteiger partial charge in [0.1, 0.15) is 11.6 Å². The number of aromatic nitrogens is 4. The molecule has 0 aliphatic heterocycles. The van der Waals surface area contributed by atoms with Crippen LogP contribution in [0.15, 0.2) is 87.2 Å². The number of para-hydroxylation sites is 1. The van der Waals surface area contributed by atoms with Crippen LogP contribution in [0.4, 0.5) is 5.82 Å². The molecular weight excluding hydrogens is 506 g/mol. The first-order valence-corrected chi connectivity index (χ1v) is 12.3. The number of nitrogens with one attached hydrogen (secondary N) is 1. The fourth-order valence-corrected chi connectivity index (χ4v) is 5.01. The highest BCUT2D eigenvalue weighted by molar-refractivity contribution is 9.10. The van der Waals surface area contributed by atoms with E-state index in [-0.39, 0.29) is 15.6 Å². The van der Waals surface area contributed by atoms with E-state index in [0.717, 1.165) is 21.2 Å². The smallest absolute Gasteiger partial charge is 0.229 e. The number of rotatable bonds is 6. The van der Waals surface area contributed by atoms with E-state index < -0.39 is 9.84 Å². The number of sulfone groups is 1. The van der Waals surface area contributed by atoms with Crippen molar-refractivity contribution < 1.29 is 13.2 Å². The Morgan fingerprint density at radius 1 is 1.00 bits per heavy atom. The first kappa shape index (κ1) is 21.4. The molecule has 0 aliphatic rings. The lowest BCUT2D eigenvalue weighted by atomic mass is 10.2. The summed E-state index contributed by atoms with van der Waals surface area (Å²) in [5.74, 6) is 1.32. The van der Waals surface area contributed by atoms with E-state index in [1.165, 1.54) is 16.6 Å². The lowest BCUT2D eigenvalue weighted by Gasteiger charge is -2.11. The van der Waals surface area contributed by atoms with Crippen LogP contribution in [0.2, 0.25) is 0 Å². The number of hydrogen-bond donors (Lipinski definition) is 1. The maximum atomic E-state index is 13.3. The van der Waals surface area contributed by atoms with Gasteiger partial charge in [-0.3, -0.25) is 0 Å². The molecule has 0 bridgehead atoms. The SMILES string of the molecule is COc1ccc(CNc2nc3c(S(=O)(=O)c4ccc(Br)cc4)nnn3c3ccccc23)cc1. The Morgan fingerprint density at radius 2 is 1.73 bits per heavy atom. The molecule has 0 fully saturated rings. The van der Waals surface area contributed by atoms with Gasteiger partial charge in [0.25, 0.3) is 0 Å². The minimum absolute atomic E-state index is 0.121. The number of nitrogens with zero attached hydrogens (tertiary/aromatic N) is 4. The maximum absolute atomic E-state index is 13.3. The lowest BCUT2D eigenvalue weighted by Crippen LogP contribution is -2.07. The summed E-state index contributed by atoms with van der Waals surface area (Å²) in [7, 11) is -2.30. The van der Waals surface area contributed by atoms with Crippen molar-refractivity contribution in [2.24, 2.45) is 0 Å². The summed E-state index contributed by atoms with van der Waals surface area (Å²) < 4.78 is 34.1. The van der Waals surface area contributed by atoms with Crippen LogP contribution < -0.4 is 10.1 Å². The van der Waals surface area contributed by atoms with Gasteiger partial charge < -0.3 is 10.1 Å². The van der Waals surface area contributed by atoms with E-state index in [9.17, 15) is 8.42 Å². The van der Waals surface area contributed by atoms with Crippen LogP contribution in [0.5, 0.6) is 5.75 Å². The molecule has 5 aromatic rings. The highest BCUT2D eigenvalue weighted by Gasteiger charge is 2.27. The molecule has 0 spiro atoms. The maximum Gasteiger partial charge on any atom is 0.229 e. The molecule has 8 nitrogen and oxygen atoms in total. The lowest BCUT2D eigenvalue weighted by molar-refractivity contribution is 0.414. The van der Waals surface area contributed by atoms with Gasteiger partial charge in [-0.25, -0.2) is 13.4 Å². The topological polar surface area (TPSA) is 98.5 Å². The number of anilines is 1. The monoisotopic (exact) mass is 523 g/mol. The van der Waals surface area contributed by atoms with Crippen molar-refractivity contribution in [3.63, 3.8) is 0 Å². The molecule has 2 aromatic heterocycles. The predicted octanol–water partition coefficient (Wildman–Crippen LogP) is 4.49. The van der Waals surface area contributed by atoms with Crippen molar-refractivity contribution in [1.29, 1.82) is 0 Å². The zero-order valence-electron chi connectivity index (χ0n) is 17.4. The quantitative estimate of drug-likeness (QED) is 0.350. The minimum atomic E-state index is -3.92. The summed E-state index contributed by atoms with van der Waals surface area (Å²) in [6, 6.07) is 21.6. The van der Waals surface area contributed by atoms with Gasteiger partial charge in [0.2, 0.25) is 14.9 Å². The Kier molecular flexibility index (Phi) is 5.47. The Bertz CT molecular complexity index is 1570. The second-order valence-corrected chi connectivity index (χ2v) is 10.0. The van der Waals surface area contributed by atoms with Gasteiger partial charge in [-0.2, -0.15) is 4.52 Å². The largest absolute Gasteiger partial charge is 0.497 e. The van der Waals surface area contributed by atoms with Crippen molar-refractivity contribution in [1.82, 2.24) is 19.8 Å². The summed E-state index contributed by atoms with van der Waals surface area (Å²) in [6.45, 7) is 0.494. The van der Waals surface area contributed by atoms with Crippen LogP contribution in [0.25, 0.3) is 16.6 Å². The highest BCUT2D eigenvalue weighted by Crippen LogP contribution is 2.28. The summed E-state index contributed by atoms with van der Waals surface area (Å²) in [5.41, 5.74) is 1.88. The predicted molar refractivity (Wildman–Crippen MR) is 128 cm³/mol. The van der Waals surface area contributed by atoms with Crippen LogP contribution in [-0.4, -0.2) is 35.3 Å². The molecular formula is C23H18BrN5O3S. The molecule has 10 heteroatoms. The van der Waals surface area contributed by atoms with Crippen LogP contribution in [0, 0.1) is 0 Å². The molecule has 1 N–H and O–H groups in total. The molecule has 166 valence electrons. The molecule has 0 atom stereocenters. The van der Waals surface area contributed by atoms with Gasteiger partial charge in [0.15, 0.2) is 5.65 Å². The zero-order chi connectivity index (χ0) is 23.0. The van der Waals surface area contributed by atoms with E-state index in [1.807, 2.05) is 48.5 Å². The zero-order valence-corrected chi connectivity index (χ0v) is 19.8. The second-order valence-electron chi connectivity index (χ2n) is 7.27. The Balaban J connectivity index is 1.61. The Hall–Kier alpha value is -3.50. The van der Waals surface area contributed by atoms with Gasteiger partial charge in [0, 0.05) is 16.4 Å². The first-order valence-electron chi connectivity index (χ1n) is 9.99. The molecule has 3 aromatic carbocycles. The van der Waals surface area contributed by atoms with Gasteiger partial charge in [-0.05, 0) is 54.1 Å². The molecule has 0 saturated carbocycles. The standard InChI is InChI=1S/C23H18BrN5O3S/c1-32-17-10-6-15(7-11-17)14-25-21-19-4-2-3-5-20(19)29-22(26-21)23(27-28-29)33(30,31)18-12-8-16(24)9-13-18/h2-13H,14H2,1H3,(H,25,26). The average molecular weight is 524 g/mol. The van der Waals surface area contributed by atoms with Crippen LogP contribution in [-0.2, 0) is 16.4 Å². The van der Waals surface area contributed by atoms with Crippen LogP contribution in [0.1, 0.15) is 5.56 Å². The third-order valence-corrected chi connectivity index (χ3v) is 7.41. The van der Waals surface area contributed by atoms with E-state index in [0.29, 0.717) is 17.9 Å². The van der Waals surface area contributed by atoms with Gasteiger partial charge in [0.05, 0.1) is 17.5 Å². The molecule has 33 heavy (non-hydrogen) atoms. The normalized spacial score (nSPS) is 11.7. The number of hydrogen-bond acceptors (Lipinski definition) is 7. The minimum Gasteiger partial charge on any atom is -0.497 e.